The molecule has 0 bridgehead atoms. The number of thiazole rings is 1. The summed E-state index contributed by atoms with van der Waals surface area (Å²) in [5, 5.41) is 8.65. The third kappa shape index (κ3) is 3.63. The van der Waals surface area contributed by atoms with Gasteiger partial charge in [0.2, 0.25) is 11.0 Å². The molecule has 0 saturated heterocycles. The number of nitrogens with one attached hydrogen (secondary N) is 1. The van der Waals surface area contributed by atoms with Gasteiger partial charge in [-0.05, 0) is 49.1 Å². The fourth-order valence-corrected chi connectivity index (χ4v) is 4.89. The second-order valence-electron chi connectivity index (χ2n) is 7.42. The van der Waals surface area contributed by atoms with Gasteiger partial charge in [0, 0.05) is 5.56 Å². The molecular formula is C23H22N4O3S. The third-order valence-electron chi connectivity index (χ3n) is 5.44. The van der Waals surface area contributed by atoms with Gasteiger partial charge in [-0.2, -0.15) is 9.78 Å². The van der Waals surface area contributed by atoms with E-state index in [2.05, 4.69) is 5.32 Å². The lowest BCUT2D eigenvalue weighted by Crippen LogP contribution is -2.18. The van der Waals surface area contributed by atoms with Crippen LogP contribution in [0.2, 0.25) is 0 Å². The summed E-state index contributed by atoms with van der Waals surface area (Å²) in [5.74, 6) is 1.87. The highest BCUT2D eigenvalue weighted by molar-refractivity contribution is 7.20. The summed E-state index contributed by atoms with van der Waals surface area (Å²) in [4.78, 5) is 17.7. The maximum Gasteiger partial charge on any atom is 0.229 e. The van der Waals surface area contributed by atoms with E-state index in [1.54, 1.807) is 30.2 Å². The second-order valence-corrected chi connectivity index (χ2v) is 8.43. The second kappa shape index (κ2) is 8.03. The molecule has 2 aromatic heterocycles. The first-order chi connectivity index (χ1) is 15.2. The molecule has 1 amide bonds. The van der Waals surface area contributed by atoms with Crippen LogP contribution in [0.5, 0.6) is 11.5 Å². The van der Waals surface area contributed by atoms with Crippen LogP contribution in [0.15, 0.2) is 42.5 Å². The van der Waals surface area contributed by atoms with Crippen molar-refractivity contribution >= 4 is 33.3 Å². The molecule has 8 heteroatoms. The van der Waals surface area contributed by atoms with Gasteiger partial charge in [0.05, 0.1) is 36.6 Å². The Morgan fingerprint density at radius 3 is 2.77 bits per heavy atom. The van der Waals surface area contributed by atoms with Crippen LogP contribution >= 0.6 is 11.3 Å². The normalized spacial score (nSPS) is 12.7. The molecule has 0 saturated carbocycles. The predicted octanol–water partition coefficient (Wildman–Crippen LogP) is 4.17. The van der Waals surface area contributed by atoms with Gasteiger partial charge in [-0.1, -0.05) is 29.5 Å². The van der Waals surface area contributed by atoms with E-state index in [0.29, 0.717) is 11.5 Å². The molecule has 0 atom stereocenters. The molecule has 2 heterocycles. The van der Waals surface area contributed by atoms with Gasteiger partial charge in [0.15, 0.2) is 11.5 Å². The van der Waals surface area contributed by atoms with E-state index >= 15 is 0 Å². The number of fused-ring (bicyclic) bond motifs is 2. The zero-order valence-corrected chi connectivity index (χ0v) is 18.2. The number of anilines is 1. The molecular weight excluding hydrogens is 412 g/mol. The smallest absolute Gasteiger partial charge is 0.229 e. The van der Waals surface area contributed by atoms with E-state index in [0.717, 1.165) is 57.2 Å². The maximum atomic E-state index is 12.9. The number of benzene rings is 2. The van der Waals surface area contributed by atoms with Crippen LogP contribution in [0.25, 0.3) is 15.3 Å². The van der Waals surface area contributed by atoms with Crippen LogP contribution in [-0.4, -0.2) is 34.9 Å². The van der Waals surface area contributed by atoms with Crippen LogP contribution in [0.4, 0.5) is 5.82 Å². The number of aromatic nitrogens is 3. The molecule has 0 spiro atoms. The third-order valence-corrected chi connectivity index (χ3v) is 6.45. The number of hydrogen-bond acceptors (Lipinski definition) is 6. The predicted molar refractivity (Wildman–Crippen MR) is 121 cm³/mol. The molecule has 31 heavy (non-hydrogen) atoms. The van der Waals surface area contributed by atoms with Crippen molar-refractivity contribution in [2.24, 2.45) is 0 Å². The summed E-state index contributed by atoms with van der Waals surface area (Å²) in [6.07, 6.45) is 3.11. The lowest BCUT2D eigenvalue weighted by atomic mass is 10.1. The van der Waals surface area contributed by atoms with Crippen molar-refractivity contribution in [1.82, 2.24) is 14.8 Å². The van der Waals surface area contributed by atoms with Crippen molar-refractivity contribution in [2.45, 2.75) is 25.7 Å². The fourth-order valence-electron chi connectivity index (χ4n) is 3.96. The van der Waals surface area contributed by atoms with E-state index in [4.69, 9.17) is 19.6 Å². The van der Waals surface area contributed by atoms with Gasteiger partial charge < -0.3 is 14.8 Å². The molecule has 0 aliphatic heterocycles. The Bertz CT molecular complexity index is 1240. The molecule has 1 aliphatic carbocycles. The quantitative estimate of drug-likeness (QED) is 0.493. The molecule has 0 fully saturated rings. The maximum absolute atomic E-state index is 12.9. The number of amides is 1. The van der Waals surface area contributed by atoms with E-state index < -0.39 is 0 Å². The summed E-state index contributed by atoms with van der Waals surface area (Å²) < 4.78 is 13.5. The number of rotatable bonds is 6. The van der Waals surface area contributed by atoms with Gasteiger partial charge in [0.25, 0.3) is 0 Å². The minimum Gasteiger partial charge on any atom is -0.493 e. The van der Waals surface area contributed by atoms with E-state index in [9.17, 15) is 4.79 Å². The van der Waals surface area contributed by atoms with Crippen molar-refractivity contribution in [2.75, 3.05) is 19.5 Å². The van der Waals surface area contributed by atoms with Crippen LogP contribution in [-0.2, 0) is 24.1 Å². The number of carbonyl (C=O) groups excluding carboxylic acids is 1. The van der Waals surface area contributed by atoms with Crippen molar-refractivity contribution in [3.8, 4) is 16.6 Å². The summed E-state index contributed by atoms with van der Waals surface area (Å²) >= 11 is 1.57. The SMILES string of the molecule is COc1ccc(CC(=O)Nc2c3c(nn2-c2nc4ccccc4s2)CCC3)cc1OC. The lowest BCUT2D eigenvalue weighted by molar-refractivity contribution is -0.115. The number of carbonyl (C=O) groups is 1. The first-order valence-electron chi connectivity index (χ1n) is 10.1. The Morgan fingerprint density at radius 2 is 1.97 bits per heavy atom. The fraction of sp³-hybridized carbons (Fsp3) is 0.261. The largest absolute Gasteiger partial charge is 0.493 e. The Labute approximate surface area is 183 Å². The zero-order chi connectivity index (χ0) is 21.4. The van der Waals surface area contributed by atoms with Crippen LogP contribution in [0.3, 0.4) is 0 Å². The number of ether oxygens (including phenoxy) is 2. The van der Waals surface area contributed by atoms with Crippen LogP contribution in [0.1, 0.15) is 23.2 Å². The molecule has 5 rings (SSSR count). The highest BCUT2D eigenvalue weighted by atomic mass is 32.1. The monoisotopic (exact) mass is 434 g/mol. The number of hydrogen-bond donors (Lipinski definition) is 1. The summed E-state index contributed by atoms with van der Waals surface area (Å²) in [6.45, 7) is 0. The number of methoxy groups -OCH3 is 2. The van der Waals surface area contributed by atoms with Gasteiger partial charge in [-0.15, -0.1) is 0 Å². The number of para-hydroxylation sites is 1. The molecule has 4 aromatic rings. The number of nitrogens with zero attached hydrogens (tertiary/aromatic N) is 3. The van der Waals surface area contributed by atoms with Crippen molar-refractivity contribution in [3.63, 3.8) is 0 Å². The Morgan fingerprint density at radius 1 is 1.13 bits per heavy atom. The van der Waals surface area contributed by atoms with Crippen molar-refractivity contribution in [3.05, 3.63) is 59.3 Å². The standard InChI is InChI=1S/C23H22N4O3S/c1-29-18-11-10-14(12-19(18)30-2)13-21(28)25-22-15-6-5-8-16(15)26-27(22)23-24-17-7-3-4-9-20(17)31-23/h3-4,7,9-12H,5-6,8,13H2,1-2H3,(H,25,28). The van der Waals surface area contributed by atoms with Crippen molar-refractivity contribution < 1.29 is 14.3 Å². The van der Waals surface area contributed by atoms with Gasteiger partial charge in [-0.25, -0.2) is 4.98 Å². The number of aryl methyl sites for hydroxylation is 1. The molecule has 1 N–H and O–H groups in total. The Hall–Kier alpha value is -3.39. The average Bonchev–Trinajstić information content (AvgIpc) is 3.48. The average molecular weight is 435 g/mol. The highest BCUT2D eigenvalue weighted by Crippen LogP contribution is 2.34. The molecule has 7 nitrogen and oxygen atoms in total. The first kappa shape index (κ1) is 19.6. The van der Waals surface area contributed by atoms with E-state index in [-0.39, 0.29) is 12.3 Å². The summed E-state index contributed by atoms with van der Waals surface area (Å²) in [6, 6.07) is 13.5. The zero-order valence-electron chi connectivity index (χ0n) is 17.3. The summed E-state index contributed by atoms with van der Waals surface area (Å²) in [5.41, 5.74) is 3.93. The molecule has 158 valence electrons. The minimum atomic E-state index is -0.107. The van der Waals surface area contributed by atoms with E-state index in [1.807, 2.05) is 42.5 Å². The Balaban J connectivity index is 1.44. The molecule has 2 aromatic carbocycles. The van der Waals surface area contributed by atoms with Crippen LogP contribution < -0.4 is 14.8 Å². The first-order valence-corrected chi connectivity index (χ1v) is 11.0. The van der Waals surface area contributed by atoms with Gasteiger partial charge >= 0.3 is 0 Å². The highest BCUT2D eigenvalue weighted by Gasteiger charge is 2.25. The van der Waals surface area contributed by atoms with Gasteiger partial charge in [-0.3, -0.25) is 4.79 Å². The molecule has 0 radical (unpaired) electrons. The molecule has 1 aliphatic rings. The lowest BCUT2D eigenvalue weighted by Gasteiger charge is -2.11. The summed E-state index contributed by atoms with van der Waals surface area (Å²) in [7, 11) is 3.18. The van der Waals surface area contributed by atoms with Crippen molar-refractivity contribution in [1.29, 1.82) is 0 Å². The molecule has 0 unspecified atom stereocenters. The van der Waals surface area contributed by atoms with E-state index in [1.165, 1.54) is 0 Å². The Kier molecular flexibility index (Phi) is 5.07. The van der Waals surface area contributed by atoms with Gasteiger partial charge in [0.1, 0.15) is 5.82 Å². The minimum absolute atomic E-state index is 0.107. The topological polar surface area (TPSA) is 78.3 Å². The van der Waals surface area contributed by atoms with Crippen LogP contribution in [0, 0.1) is 0 Å².